The zero-order valence-electron chi connectivity index (χ0n) is 10.8. The van der Waals surface area contributed by atoms with Crippen LogP contribution in [-0.2, 0) is 0 Å². The van der Waals surface area contributed by atoms with E-state index in [1.807, 2.05) is 20.2 Å². The molecule has 1 heterocycles. The second kappa shape index (κ2) is 6.01. The molecule has 0 amide bonds. The molecule has 0 radical (unpaired) electrons. The Morgan fingerprint density at radius 1 is 1.41 bits per heavy atom. The van der Waals surface area contributed by atoms with Gasteiger partial charge in [0.2, 0.25) is 0 Å². The summed E-state index contributed by atoms with van der Waals surface area (Å²) >= 11 is 0. The van der Waals surface area contributed by atoms with Gasteiger partial charge >= 0.3 is 0 Å². The minimum absolute atomic E-state index is 0.422. The fraction of sp³-hybridized carbons (Fsp3) is 0.643. The van der Waals surface area contributed by atoms with Gasteiger partial charge in [0, 0.05) is 12.2 Å². The Labute approximate surface area is 104 Å². The highest BCUT2D eigenvalue weighted by Gasteiger charge is 2.25. The van der Waals surface area contributed by atoms with Crippen LogP contribution in [-0.4, -0.2) is 18.6 Å². The van der Waals surface area contributed by atoms with Gasteiger partial charge in [0.15, 0.2) is 0 Å². The Bertz CT molecular complexity index is 348. The molecule has 94 valence electrons. The Hall–Kier alpha value is -1.09. The second-order valence-electron chi connectivity index (χ2n) is 4.70. The molecule has 3 nitrogen and oxygen atoms in total. The summed E-state index contributed by atoms with van der Waals surface area (Å²) in [6.45, 7) is 2.69. The standard InChI is InChI=1S/C14H22N2O/c1-3-17-13-8-12(9-16-10-13)14(15-2)11-6-4-5-7-11/h8-11,14-15H,3-7H2,1-2H3. The molecule has 1 atom stereocenters. The molecule has 0 saturated heterocycles. The maximum Gasteiger partial charge on any atom is 0.137 e. The predicted octanol–water partition coefficient (Wildman–Crippen LogP) is 2.93. The number of nitrogens with zero attached hydrogens (tertiary/aromatic N) is 1. The van der Waals surface area contributed by atoms with Crippen LogP contribution in [0.3, 0.4) is 0 Å². The lowest BCUT2D eigenvalue weighted by atomic mass is 9.93. The fourth-order valence-electron chi connectivity index (χ4n) is 2.82. The summed E-state index contributed by atoms with van der Waals surface area (Å²) in [4.78, 5) is 4.28. The quantitative estimate of drug-likeness (QED) is 0.850. The molecule has 1 saturated carbocycles. The summed E-state index contributed by atoms with van der Waals surface area (Å²) in [5.41, 5.74) is 1.25. The molecule has 3 heteroatoms. The van der Waals surface area contributed by atoms with E-state index in [0.717, 1.165) is 11.7 Å². The lowest BCUT2D eigenvalue weighted by Gasteiger charge is -2.23. The lowest BCUT2D eigenvalue weighted by Crippen LogP contribution is -2.23. The fourth-order valence-corrected chi connectivity index (χ4v) is 2.82. The number of hydrogen-bond donors (Lipinski definition) is 1. The Balaban J connectivity index is 2.14. The monoisotopic (exact) mass is 234 g/mol. The van der Waals surface area contributed by atoms with Crippen molar-refractivity contribution in [2.24, 2.45) is 5.92 Å². The van der Waals surface area contributed by atoms with Crippen LogP contribution in [0.2, 0.25) is 0 Å². The SMILES string of the molecule is CCOc1cncc(C(NC)C2CCCC2)c1. The van der Waals surface area contributed by atoms with Crippen molar-refractivity contribution in [1.82, 2.24) is 10.3 Å². The maximum absolute atomic E-state index is 5.51. The summed E-state index contributed by atoms with van der Waals surface area (Å²) in [6.07, 6.45) is 9.12. The third-order valence-corrected chi connectivity index (χ3v) is 3.59. The van der Waals surface area contributed by atoms with E-state index in [-0.39, 0.29) is 0 Å². The van der Waals surface area contributed by atoms with Crippen LogP contribution in [0.5, 0.6) is 5.75 Å². The normalized spacial score (nSPS) is 18.2. The van der Waals surface area contributed by atoms with E-state index in [9.17, 15) is 0 Å². The first-order chi connectivity index (χ1) is 8.35. The smallest absolute Gasteiger partial charge is 0.137 e. The average Bonchev–Trinajstić information content (AvgIpc) is 2.85. The van der Waals surface area contributed by atoms with Crippen LogP contribution < -0.4 is 10.1 Å². The summed E-state index contributed by atoms with van der Waals surface area (Å²) in [6, 6.07) is 2.54. The lowest BCUT2D eigenvalue weighted by molar-refractivity contribution is 0.335. The van der Waals surface area contributed by atoms with Gasteiger partial charge in [-0.2, -0.15) is 0 Å². The first-order valence-corrected chi connectivity index (χ1v) is 6.60. The highest BCUT2D eigenvalue weighted by atomic mass is 16.5. The first-order valence-electron chi connectivity index (χ1n) is 6.60. The number of ether oxygens (including phenoxy) is 1. The topological polar surface area (TPSA) is 34.1 Å². The van der Waals surface area contributed by atoms with E-state index in [2.05, 4.69) is 16.4 Å². The second-order valence-corrected chi connectivity index (χ2v) is 4.70. The van der Waals surface area contributed by atoms with E-state index < -0.39 is 0 Å². The van der Waals surface area contributed by atoms with Gasteiger partial charge in [-0.05, 0) is 44.4 Å². The highest BCUT2D eigenvalue weighted by molar-refractivity contribution is 5.26. The Kier molecular flexibility index (Phi) is 4.37. The van der Waals surface area contributed by atoms with Crippen molar-refractivity contribution in [3.63, 3.8) is 0 Å². The Morgan fingerprint density at radius 3 is 2.82 bits per heavy atom. The molecule has 0 aromatic carbocycles. The molecule has 0 aliphatic heterocycles. The van der Waals surface area contributed by atoms with Crippen LogP contribution in [0, 0.1) is 5.92 Å². The molecule has 1 aromatic heterocycles. The van der Waals surface area contributed by atoms with Gasteiger partial charge in [-0.3, -0.25) is 4.98 Å². The molecule has 1 fully saturated rings. The molecule has 0 spiro atoms. The summed E-state index contributed by atoms with van der Waals surface area (Å²) in [7, 11) is 2.04. The van der Waals surface area contributed by atoms with Crippen molar-refractivity contribution >= 4 is 0 Å². The number of pyridine rings is 1. The molecule has 1 aromatic rings. The van der Waals surface area contributed by atoms with Crippen molar-refractivity contribution < 1.29 is 4.74 Å². The zero-order valence-corrected chi connectivity index (χ0v) is 10.8. The number of nitrogens with one attached hydrogen (secondary N) is 1. The zero-order chi connectivity index (χ0) is 12.1. The van der Waals surface area contributed by atoms with Crippen LogP contribution in [0.1, 0.15) is 44.2 Å². The van der Waals surface area contributed by atoms with Gasteiger partial charge in [0.05, 0.1) is 12.8 Å². The van der Waals surface area contributed by atoms with Crippen molar-refractivity contribution in [1.29, 1.82) is 0 Å². The summed E-state index contributed by atoms with van der Waals surface area (Å²) < 4.78 is 5.51. The molecular formula is C14H22N2O. The molecule has 2 rings (SSSR count). The third kappa shape index (κ3) is 2.97. The maximum atomic E-state index is 5.51. The third-order valence-electron chi connectivity index (χ3n) is 3.59. The van der Waals surface area contributed by atoms with Crippen molar-refractivity contribution in [3.05, 3.63) is 24.0 Å². The predicted molar refractivity (Wildman–Crippen MR) is 69.2 cm³/mol. The van der Waals surface area contributed by atoms with Crippen LogP contribution in [0.4, 0.5) is 0 Å². The van der Waals surface area contributed by atoms with Crippen LogP contribution in [0.25, 0.3) is 0 Å². The largest absolute Gasteiger partial charge is 0.492 e. The summed E-state index contributed by atoms with van der Waals surface area (Å²) in [5.74, 6) is 1.63. The van der Waals surface area contributed by atoms with Crippen LogP contribution in [0.15, 0.2) is 18.5 Å². The molecule has 17 heavy (non-hydrogen) atoms. The molecule has 0 bridgehead atoms. The van der Waals surface area contributed by atoms with Crippen molar-refractivity contribution in [2.75, 3.05) is 13.7 Å². The summed E-state index contributed by atoms with van der Waals surface area (Å²) in [5, 5.41) is 3.43. The molecule has 1 N–H and O–H groups in total. The van der Waals surface area contributed by atoms with E-state index in [0.29, 0.717) is 12.6 Å². The van der Waals surface area contributed by atoms with E-state index >= 15 is 0 Å². The Morgan fingerprint density at radius 2 is 2.18 bits per heavy atom. The van der Waals surface area contributed by atoms with Gasteiger partial charge in [-0.1, -0.05) is 12.8 Å². The van der Waals surface area contributed by atoms with Crippen molar-refractivity contribution in [3.8, 4) is 5.75 Å². The van der Waals surface area contributed by atoms with E-state index in [1.54, 1.807) is 6.20 Å². The molecule has 1 aliphatic rings. The minimum atomic E-state index is 0.422. The van der Waals surface area contributed by atoms with Gasteiger partial charge in [0.1, 0.15) is 5.75 Å². The highest BCUT2D eigenvalue weighted by Crippen LogP contribution is 2.35. The minimum Gasteiger partial charge on any atom is -0.492 e. The van der Waals surface area contributed by atoms with Gasteiger partial charge in [-0.25, -0.2) is 0 Å². The van der Waals surface area contributed by atoms with Gasteiger partial charge in [-0.15, -0.1) is 0 Å². The van der Waals surface area contributed by atoms with E-state index in [4.69, 9.17) is 4.74 Å². The van der Waals surface area contributed by atoms with Crippen molar-refractivity contribution in [2.45, 2.75) is 38.6 Å². The number of hydrogen-bond acceptors (Lipinski definition) is 3. The molecule has 1 aliphatic carbocycles. The number of rotatable bonds is 5. The van der Waals surface area contributed by atoms with E-state index in [1.165, 1.54) is 31.2 Å². The average molecular weight is 234 g/mol. The van der Waals surface area contributed by atoms with Crippen LogP contribution >= 0.6 is 0 Å². The van der Waals surface area contributed by atoms with Gasteiger partial charge < -0.3 is 10.1 Å². The first kappa shape index (κ1) is 12.4. The molecular weight excluding hydrogens is 212 g/mol. The molecule has 1 unspecified atom stereocenters. The van der Waals surface area contributed by atoms with Gasteiger partial charge in [0.25, 0.3) is 0 Å². The number of aromatic nitrogens is 1.